The van der Waals surface area contributed by atoms with Crippen LogP contribution in [0.2, 0.25) is 0 Å². The molecule has 4 nitrogen and oxygen atoms in total. The van der Waals surface area contributed by atoms with Crippen molar-refractivity contribution in [3.8, 4) is 0 Å². The highest BCUT2D eigenvalue weighted by atomic mass is 16.2. The molecule has 0 bridgehead atoms. The third kappa shape index (κ3) is 3.74. The third-order valence-corrected chi connectivity index (χ3v) is 4.46. The van der Waals surface area contributed by atoms with Gasteiger partial charge in [0.1, 0.15) is 0 Å². The van der Waals surface area contributed by atoms with Crippen molar-refractivity contribution in [2.75, 3.05) is 0 Å². The highest BCUT2D eigenvalue weighted by Gasteiger charge is 2.22. The second-order valence-corrected chi connectivity index (χ2v) is 6.20. The fourth-order valence-electron chi connectivity index (χ4n) is 3.30. The lowest BCUT2D eigenvalue weighted by Gasteiger charge is -2.21. The van der Waals surface area contributed by atoms with Crippen LogP contribution in [-0.2, 0) is 0 Å². The Morgan fingerprint density at radius 3 is 2.14 bits per heavy atom. The van der Waals surface area contributed by atoms with Gasteiger partial charge in [-0.3, -0.25) is 9.59 Å². The Bertz CT molecular complexity index is 523. The van der Waals surface area contributed by atoms with Crippen molar-refractivity contribution < 1.29 is 9.59 Å². The Balaban J connectivity index is 2.10. The lowest BCUT2D eigenvalue weighted by atomic mass is 9.96. The fourth-order valence-corrected chi connectivity index (χ4v) is 3.30. The van der Waals surface area contributed by atoms with E-state index in [1.54, 1.807) is 0 Å². The van der Waals surface area contributed by atoms with Gasteiger partial charge in [0.05, 0.1) is 11.3 Å². The topological polar surface area (TPSA) is 62.0 Å². The minimum Gasteiger partial charge on any atom is -0.355 e. The summed E-state index contributed by atoms with van der Waals surface area (Å²) in [6.45, 7) is 5.22. The van der Waals surface area contributed by atoms with Gasteiger partial charge in [-0.25, -0.2) is 0 Å². The molecule has 1 fully saturated rings. The highest BCUT2D eigenvalue weighted by molar-refractivity contribution is 6.02. The molecule has 4 heteroatoms. The average molecular weight is 290 g/mol. The smallest absolute Gasteiger partial charge is 0.253 e. The SMILES string of the molecule is CC(=O)c1[nH]c(C)c(C(=O)NC2CCCCCCC2)c1C. The molecule has 0 spiro atoms. The van der Waals surface area contributed by atoms with E-state index in [2.05, 4.69) is 10.3 Å². The van der Waals surface area contributed by atoms with E-state index in [0.29, 0.717) is 11.3 Å². The van der Waals surface area contributed by atoms with Crippen LogP contribution in [0.3, 0.4) is 0 Å². The molecule has 1 aliphatic rings. The van der Waals surface area contributed by atoms with Gasteiger partial charge < -0.3 is 10.3 Å². The number of nitrogens with one attached hydrogen (secondary N) is 2. The van der Waals surface area contributed by atoms with Crippen LogP contribution in [0.25, 0.3) is 0 Å². The molecule has 0 unspecified atom stereocenters. The van der Waals surface area contributed by atoms with Crippen molar-refractivity contribution in [3.05, 3.63) is 22.5 Å². The molecule has 116 valence electrons. The third-order valence-electron chi connectivity index (χ3n) is 4.46. The number of H-pyrrole nitrogens is 1. The molecule has 0 aliphatic heterocycles. The summed E-state index contributed by atoms with van der Waals surface area (Å²) >= 11 is 0. The molecule has 0 atom stereocenters. The monoisotopic (exact) mass is 290 g/mol. The number of aromatic amines is 1. The summed E-state index contributed by atoms with van der Waals surface area (Å²) in [6.07, 6.45) is 8.36. The first-order valence-electron chi connectivity index (χ1n) is 8.01. The number of carbonyl (C=O) groups is 2. The molecule has 0 aromatic carbocycles. The second kappa shape index (κ2) is 6.92. The summed E-state index contributed by atoms with van der Waals surface area (Å²) < 4.78 is 0. The Morgan fingerprint density at radius 2 is 1.62 bits per heavy atom. The lowest BCUT2D eigenvalue weighted by Crippen LogP contribution is -2.35. The van der Waals surface area contributed by atoms with Crippen LogP contribution >= 0.6 is 0 Å². The molecular formula is C17H26N2O2. The Morgan fingerprint density at radius 1 is 1.05 bits per heavy atom. The normalized spacial score (nSPS) is 17.1. The largest absolute Gasteiger partial charge is 0.355 e. The molecule has 1 saturated carbocycles. The Labute approximate surface area is 126 Å². The predicted octanol–water partition coefficient (Wildman–Crippen LogP) is 3.68. The molecule has 1 amide bonds. The maximum Gasteiger partial charge on any atom is 0.253 e. The summed E-state index contributed by atoms with van der Waals surface area (Å²) in [5, 5.41) is 3.17. The van der Waals surface area contributed by atoms with Crippen LogP contribution in [0, 0.1) is 13.8 Å². The number of ketones is 1. The molecule has 0 radical (unpaired) electrons. The zero-order valence-corrected chi connectivity index (χ0v) is 13.3. The number of aryl methyl sites for hydroxylation is 1. The predicted molar refractivity (Wildman–Crippen MR) is 83.8 cm³/mol. The molecule has 2 rings (SSSR count). The second-order valence-electron chi connectivity index (χ2n) is 6.20. The van der Waals surface area contributed by atoms with Crippen molar-refractivity contribution in [3.63, 3.8) is 0 Å². The molecule has 1 heterocycles. The van der Waals surface area contributed by atoms with E-state index < -0.39 is 0 Å². The molecule has 1 aromatic heterocycles. The van der Waals surface area contributed by atoms with Crippen LogP contribution in [-0.4, -0.2) is 22.7 Å². The number of Topliss-reactive ketones (excluding diaryl/α,β-unsaturated/α-hetero) is 1. The van der Waals surface area contributed by atoms with Gasteiger partial charge in [0.25, 0.3) is 5.91 Å². The van der Waals surface area contributed by atoms with Crippen LogP contribution < -0.4 is 5.32 Å². The zero-order chi connectivity index (χ0) is 15.4. The van der Waals surface area contributed by atoms with E-state index in [-0.39, 0.29) is 17.7 Å². The molecule has 1 aliphatic carbocycles. The Kier molecular flexibility index (Phi) is 5.21. The van der Waals surface area contributed by atoms with Crippen LogP contribution in [0.1, 0.15) is 84.0 Å². The standard InChI is InChI=1S/C17H26N2O2/c1-11-15(12(2)18-16(11)13(3)20)17(21)19-14-9-7-5-4-6-8-10-14/h14,18H,4-10H2,1-3H3,(H,19,21). The van der Waals surface area contributed by atoms with Crippen molar-refractivity contribution >= 4 is 11.7 Å². The van der Waals surface area contributed by atoms with Gasteiger partial charge >= 0.3 is 0 Å². The first-order chi connectivity index (χ1) is 10.0. The van der Waals surface area contributed by atoms with Gasteiger partial charge in [-0.15, -0.1) is 0 Å². The number of aromatic nitrogens is 1. The van der Waals surface area contributed by atoms with Gasteiger partial charge in [0.15, 0.2) is 5.78 Å². The quantitative estimate of drug-likeness (QED) is 0.834. The maximum atomic E-state index is 12.5. The van der Waals surface area contributed by atoms with Gasteiger partial charge in [0.2, 0.25) is 0 Å². The van der Waals surface area contributed by atoms with Crippen LogP contribution in [0.5, 0.6) is 0 Å². The number of amides is 1. The minimum atomic E-state index is -0.0423. The minimum absolute atomic E-state index is 0.0272. The molecular weight excluding hydrogens is 264 g/mol. The fraction of sp³-hybridized carbons (Fsp3) is 0.647. The highest BCUT2D eigenvalue weighted by Crippen LogP contribution is 2.21. The number of hydrogen-bond acceptors (Lipinski definition) is 2. The van der Waals surface area contributed by atoms with E-state index in [1.165, 1.54) is 39.0 Å². The van der Waals surface area contributed by atoms with Crippen molar-refractivity contribution in [1.29, 1.82) is 0 Å². The summed E-state index contributed by atoms with van der Waals surface area (Å²) in [7, 11) is 0. The van der Waals surface area contributed by atoms with Crippen molar-refractivity contribution in [1.82, 2.24) is 10.3 Å². The van der Waals surface area contributed by atoms with E-state index in [9.17, 15) is 9.59 Å². The van der Waals surface area contributed by atoms with E-state index in [4.69, 9.17) is 0 Å². The molecule has 1 aromatic rings. The van der Waals surface area contributed by atoms with Gasteiger partial charge in [-0.2, -0.15) is 0 Å². The van der Waals surface area contributed by atoms with Gasteiger partial charge in [0, 0.05) is 18.7 Å². The lowest BCUT2D eigenvalue weighted by molar-refractivity contribution is 0.0929. The number of carbonyl (C=O) groups excluding carboxylic acids is 2. The van der Waals surface area contributed by atoms with Crippen molar-refractivity contribution in [2.45, 2.75) is 71.8 Å². The van der Waals surface area contributed by atoms with E-state index in [0.717, 1.165) is 24.1 Å². The van der Waals surface area contributed by atoms with Gasteiger partial charge in [-0.1, -0.05) is 32.1 Å². The zero-order valence-electron chi connectivity index (χ0n) is 13.3. The summed E-state index contributed by atoms with van der Waals surface area (Å²) in [5.74, 6) is -0.0695. The van der Waals surface area contributed by atoms with Crippen molar-refractivity contribution in [2.24, 2.45) is 0 Å². The first kappa shape index (κ1) is 15.8. The molecule has 21 heavy (non-hydrogen) atoms. The van der Waals surface area contributed by atoms with E-state index >= 15 is 0 Å². The molecule has 2 N–H and O–H groups in total. The van der Waals surface area contributed by atoms with E-state index in [1.807, 2.05) is 13.8 Å². The average Bonchev–Trinajstić information content (AvgIpc) is 2.68. The summed E-state index contributed by atoms with van der Waals surface area (Å²) in [4.78, 5) is 27.2. The summed E-state index contributed by atoms with van der Waals surface area (Å²) in [6, 6.07) is 0.271. The Hall–Kier alpha value is -1.58. The molecule has 0 saturated heterocycles. The van der Waals surface area contributed by atoms with Crippen LogP contribution in [0.4, 0.5) is 0 Å². The maximum absolute atomic E-state index is 12.5. The first-order valence-corrected chi connectivity index (χ1v) is 8.01. The van der Waals surface area contributed by atoms with Gasteiger partial charge in [-0.05, 0) is 32.3 Å². The number of rotatable bonds is 3. The number of hydrogen-bond donors (Lipinski definition) is 2. The summed E-state index contributed by atoms with van der Waals surface area (Å²) in [5.41, 5.74) is 2.74. The van der Waals surface area contributed by atoms with Crippen LogP contribution in [0.15, 0.2) is 0 Å².